The Balaban J connectivity index is 1.95. The first-order valence-corrected chi connectivity index (χ1v) is 6.30. The van der Waals surface area contributed by atoms with Crippen molar-refractivity contribution in [3.63, 3.8) is 0 Å². The largest absolute Gasteiger partial charge is 0.508 e. The maximum atomic E-state index is 11.8. The van der Waals surface area contributed by atoms with E-state index in [1.807, 2.05) is 0 Å². The molecule has 0 aliphatic heterocycles. The van der Waals surface area contributed by atoms with Crippen LogP contribution in [-0.2, 0) is 0 Å². The summed E-state index contributed by atoms with van der Waals surface area (Å²) in [5.41, 5.74) is 4.15. The van der Waals surface area contributed by atoms with Gasteiger partial charge in [0.05, 0.1) is 0 Å². The van der Waals surface area contributed by atoms with Crippen LogP contribution in [0.15, 0.2) is 29.4 Å². The average Bonchev–Trinajstić information content (AvgIpc) is 2.37. The molecule has 0 radical (unpaired) electrons. The van der Waals surface area contributed by atoms with E-state index in [1.54, 1.807) is 12.1 Å². The molecule has 0 saturated heterocycles. The van der Waals surface area contributed by atoms with Crippen molar-refractivity contribution in [3.8, 4) is 5.75 Å². The van der Waals surface area contributed by atoms with Gasteiger partial charge in [0.15, 0.2) is 0 Å². The van der Waals surface area contributed by atoms with Gasteiger partial charge in [-0.25, -0.2) is 5.43 Å². The molecule has 2 rings (SSSR count). The van der Waals surface area contributed by atoms with Gasteiger partial charge in [-0.2, -0.15) is 5.10 Å². The Morgan fingerprint density at radius 3 is 2.78 bits per heavy atom. The van der Waals surface area contributed by atoms with Crippen molar-refractivity contribution >= 4 is 11.6 Å². The summed E-state index contributed by atoms with van der Waals surface area (Å²) in [6.45, 7) is 2.20. The van der Waals surface area contributed by atoms with Gasteiger partial charge in [0, 0.05) is 11.3 Å². The molecule has 1 aromatic carbocycles. The predicted octanol–water partition coefficient (Wildman–Crippen LogP) is 2.69. The first kappa shape index (κ1) is 12.6. The van der Waals surface area contributed by atoms with Crippen LogP contribution < -0.4 is 5.43 Å². The number of hydrogen-bond acceptors (Lipinski definition) is 3. The summed E-state index contributed by atoms with van der Waals surface area (Å²) in [6.07, 6.45) is 4.33. The quantitative estimate of drug-likeness (QED) is 0.788. The second-order valence-electron chi connectivity index (χ2n) is 4.87. The lowest BCUT2D eigenvalue weighted by Crippen LogP contribution is -2.22. The third kappa shape index (κ3) is 3.32. The molecule has 0 unspecified atom stereocenters. The summed E-state index contributed by atoms with van der Waals surface area (Å²) < 4.78 is 0. The van der Waals surface area contributed by atoms with Crippen LogP contribution in [-0.4, -0.2) is 16.7 Å². The van der Waals surface area contributed by atoms with Crippen molar-refractivity contribution in [2.45, 2.75) is 32.6 Å². The minimum atomic E-state index is -0.235. The molecular formula is C14H18N2O2. The first-order valence-electron chi connectivity index (χ1n) is 6.30. The molecule has 1 saturated carbocycles. The molecule has 0 heterocycles. The van der Waals surface area contributed by atoms with Crippen molar-refractivity contribution in [3.05, 3.63) is 29.8 Å². The molecular weight excluding hydrogens is 228 g/mol. The Morgan fingerprint density at radius 1 is 1.39 bits per heavy atom. The van der Waals surface area contributed by atoms with Crippen molar-refractivity contribution in [2.24, 2.45) is 11.0 Å². The number of phenolic OH excluding ortho intramolecular Hbond substituents is 1. The summed E-state index contributed by atoms with van der Waals surface area (Å²) in [5.74, 6) is 0.572. The van der Waals surface area contributed by atoms with Gasteiger partial charge < -0.3 is 5.11 Å². The van der Waals surface area contributed by atoms with E-state index < -0.39 is 0 Å². The Kier molecular flexibility index (Phi) is 3.97. The van der Waals surface area contributed by atoms with Gasteiger partial charge in [0.2, 0.25) is 0 Å². The summed E-state index contributed by atoms with van der Waals surface area (Å²) in [7, 11) is 0. The highest BCUT2D eigenvalue weighted by Gasteiger charge is 2.14. The molecule has 1 aromatic rings. The van der Waals surface area contributed by atoms with Crippen LogP contribution in [0.5, 0.6) is 5.75 Å². The van der Waals surface area contributed by atoms with Gasteiger partial charge in [0.25, 0.3) is 5.91 Å². The fraction of sp³-hybridized carbons (Fsp3) is 0.429. The first-order chi connectivity index (χ1) is 8.65. The number of phenols is 1. The van der Waals surface area contributed by atoms with Gasteiger partial charge in [-0.05, 0) is 55.9 Å². The third-order valence-electron chi connectivity index (χ3n) is 3.19. The van der Waals surface area contributed by atoms with E-state index in [1.165, 1.54) is 18.6 Å². The van der Waals surface area contributed by atoms with Gasteiger partial charge in [-0.3, -0.25) is 4.79 Å². The van der Waals surface area contributed by atoms with Gasteiger partial charge >= 0.3 is 0 Å². The number of rotatable bonds is 2. The molecule has 4 heteroatoms. The monoisotopic (exact) mass is 246 g/mol. The topological polar surface area (TPSA) is 61.7 Å². The van der Waals surface area contributed by atoms with Crippen LogP contribution in [0.3, 0.4) is 0 Å². The third-order valence-corrected chi connectivity index (χ3v) is 3.19. The highest BCUT2D eigenvalue weighted by Crippen LogP contribution is 2.21. The Labute approximate surface area is 107 Å². The molecule has 2 N–H and O–H groups in total. The maximum Gasteiger partial charge on any atom is 0.271 e. The van der Waals surface area contributed by atoms with Crippen molar-refractivity contribution in [1.82, 2.24) is 5.43 Å². The highest BCUT2D eigenvalue weighted by atomic mass is 16.3. The fourth-order valence-corrected chi connectivity index (χ4v) is 2.17. The minimum Gasteiger partial charge on any atom is -0.508 e. The number of nitrogens with zero attached hydrogens (tertiary/aromatic N) is 1. The number of nitrogens with one attached hydrogen (secondary N) is 1. The number of carbonyl (C=O) groups is 1. The van der Waals surface area contributed by atoms with Crippen molar-refractivity contribution < 1.29 is 9.90 Å². The van der Waals surface area contributed by atoms with E-state index in [0.29, 0.717) is 11.5 Å². The average molecular weight is 246 g/mol. The van der Waals surface area contributed by atoms with E-state index in [9.17, 15) is 4.79 Å². The van der Waals surface area contributed by atoms with Crippen LogP contribution >= 0.6 is 0 Å². The summed E-state index contributed by atoms with van der Waals surface area (Å²) >= 11 is 0. The normalized spacial score (nSPS) is 21.8. The van der Waals surface area contributed by atoms with Crippen LogP contribution in [0.25, 0.3) is 0 Å². The fourth-order valence-electron chi connectivity index (χ4n) is 2.17. The smallest absolute Gasteiger partial charge is 0.271 e. The molecule has 1 atom stereocenters. The number of aromatic hydroxyl groups is 1. The van der Waals surface area contributed by atoms with Crippen LogP contribution in [0.2, 0.25) is 0 Å². The molecule has 4 nitrogen and oxygen atoms in total. The van der Waals surface area contributed by atoms with E-state index in [0.717, 1.165) is 25.0 Å². The molecule has 1 aliphatic carbocycles. The SMILES string of the molecule is C[C@@H]1CCC/C(=N/NC(=O)c2ccc(O)cc2)C1. The summed E-state index contributed by atoms with van der Waals surface area (Å²) in [4.78, 5) is 11.8. The highest BCUT2D eigenvalue weighted by molar-refractivity contribution is 5.95. The van der Waals surface area contributed by atoms with Gasteiger partial charge in [-0.1, -0.05) is 6.92 Å². The molecule has 1 fully saturated rings. The van der Waals surface area contributed by atoms with Crippen molar-refractivity contribution in [2.75, 3.05) is 0 Å². The van der Waals surface area contributed by atoms with Crippen molar-refractivity contribution in [1.29, 1.82) is 0 Å². The molecule has 18 heavy (non-hydrogen) atoms. The Morgan fingerprint density at radius 2 is 2.11 bits per heavy atom. The Hall–Kier alpha value is -1.84. The van der Waals surface area contributed by atoms with Gasteiger partial charge in [-0.15, -0.1) is 0 Å². The summed E-state index contributed by atoms with van der Waals surface area (Å²) in [5, 5.41) is 13.3. The number of benzene rings is 1. The van der Waals surface area contributed by atoms with E-state index >= 15 is 0 Å². The Bertz CT molecular complexity index is 451. The van der Waals surface area contributed by atoms with E-state index in [-0.39, 0.29) is 11.7 Å². The molecule has 96 valence electrons. The number of amides is 1. The second kappa shape index (κ2) is 5.67. The minimum absolute atomic E-state index is 0.152. The van der Waals surface area contributed by atoms with E-state index in [4.69, 9.17) is 5.11 Å². The lowest BCUT2D eigenvalue weighted by molar-refractivity contribution is 0.0954. The van der Waals surface area contributed by atoms with Crippen LogP contribution in [0.4, 0.5) is 0 Å². The van der Waals surface area contributed by atoms with E-state index in [2.05, 4.69) is 17.5 Å². The summed E-state index contributed by atoms with van der Waals surface area (Å²) in [6, 6.07) is 6.14. The predicted molar refractivity (Wildman–Crippen MR) is 70.6 cm³/mol. The zero-order chi connectivity index (χ0) is 13.0. The molecule has 0 aromatic heterocycles. The number of carbonyl (C=O) groups excluding carboxylic acids is 1. The lowest BCUT2D eigenvalue weighted by atomic mass is 9.89. The lowest BCUT2D eigenvalue weighted by Gasteiger charge is -2.18. The molecule has 1 aliphatic rings. The molecule has 1 amide bonds. The standard InChI is InChI=1S/C14H18N2O2/c1-10-3-2-4-12(9-10)15-16-14(18)11-5-7-13(17)8-6-11/h5-8,10,17H,2-4,9H2,1H3,(H,16,18)/b15-12-/t10-/m1/s1. The molecule has 0 spiro atoms. The molecule has 0 bridgehead atoms. The number of hydrogen-bond donors (Lipinski definition) is 2. The maximum absolute atomic E-state index is 11.8. The number of hydrazone groups is 1. The van der Waals surface area contributed by atoms with Crippen LogP contribution in [0, 0.1) is 5.92 Å². The zero-order valence-electron chi connectivity index (χ0n) is 10.5. The second-order valence-corrected chi connectivity index (χ2v) is 4.87. The van der Waals surface area contributed by atoms with Crippen LogP contribution in [0.1, 0.15) is 43.0 Å². The van der Waals surface area contributed by atoms with Gasteiger partial charge in [0.1, 0.15) is 5.75 Å². The zero-order valence-corrected chi connectivity index (χ0v) is 10.5.